The van der Waals surface area contributed by atoms with Crippen molar-refractivity contribution < 1.29 is 34.8 Å². The lowest BCUT2D eigenvalue weighted by molar-refractivity contribution is -0.125. The molecule has 0 unspecified atom stereocenters. The summed E-state index contributed by atoms with van der Waals surface area (Å²) in [5.41, 5.74) is 4.13. The van der Waals surface area contributed by atoms with Gasteiger partial charge in [0.1, 0.15) is 35.2 Å². The molecule has 0 spiro atoms. The minimum absolute atomic E-state index is 0.0889. The summed E-state index contributed by atoms with van der Waals surface area (Å²) in [6, 6.07) is 8.58. The average molecular weight is 517 g/mol. The summed E-state index contributed by atoms with van der Waals surface area (Å²) in [5, 5.41) is 50.1. The number of para-hydroxylation sites is 1. The number of carbonyl (C=O) groups excluding carboxylic acids is 2. The van der Waals surface area contributed by atoms with Gasteiger partial charge in [-0.1, -0.05) is 30.3 Å². The molecule has 202 valence electrons. The van der Waals surface area contributed by atoms with Crippen LogP contribution in [-0.2, 0) is 4.74 Å². The van der Waals surface area contributed by atoms with Crippen LogP contribution in [0.2, 0.25) is 0 Å². The molecule has 1 saturated carbocycles. The SMILES string of the molecule is Cc1ccccc1N[C@H]1[C@H](N)[C@@](NC(=O)N(C)C)([C@H](C)O)[C@@H](O)[C@@]1(O)COC(=O)c1c(C)cccc1O. The van der Waals surface area contributed by atoms with Crippen LogP contribution in [0, 0.1) is 13.8 Å². The van der Waals surface area contributed by atoms with Gasteiger partial charge in [0, 0.05) is 19.8 Å². The number of amides is 2. The van der Waals surface area contributed by atoms with Crippen LogP contribution in [0.15, 0.2) is 42.5 Å². The van der Waals surface area contributed by atoms with Crippen molar-refractivity contribution >= 4 is 17.7 Å². The van der Waals surface area contributed by atoms with Crippen LogP contribution in [-0.4, -0.2) is 93.5 Å². The second kappa shape index (κ2) is 10.5. The highest BCUT2D eigenvalue weighted by atomic mass is 16.5. The Morgan fingerprint density at radius 1 is 1.14 bits per heavy atom. The Labute approximate surface area is 215 Å². The number of aromatic hydroxyl groups is 1. The number of phenolic OH excluding ortho intramolecular Hbond substituents is 1. The summed E-state index contributed by atoms with van der Waals surface area (Å²) in [6.45, 7) is 4.02. The molecule has 6 atom stereocenters. The molecule has 2 aromatic rings. The lowest BCUT2D eigenvalue weighted by Gasteiger charge is -2.41. The zero-order chi connectivity index (χ0) is 27.7. The Morgan fingerprint density at radius 2 is 1.76 bits per heavy atom. The molecule has 1 fully saturated rings. The van der Waals surface area contributed by atoms with Crippen LogP contribution in [0.1, 0.15) is 28.4 Å². The van der Waals surface area contributed by atoms with Gasteiger partial charge in [-0.15, -0.1) is 0 Å². The van der Waals surface area contributed by atoms with Gasteiger partial charge in [-0.2, -0.15) is 0 Å². The fourth-order valence-corrected chi connectivity index (χ4v) is 4.87. The largest absolute Gasteiger partial charge is 0.507 e. The number of aliphatic hydroxyl groups excluding tert-OH is 2. The number of aryl methyl sites for hydroxylation is 2. The molecule has 11 nitrogen and oxygen atoms in total. The maximum Gasteiger partial charge on any atom is 0.342 e. The first-order chi connectivity index (χ1) is 17.3. The number of aliphatic hydroxyl groups is 3. The maximum atomic E-state index is 12.9. The Hall–Kier alpha value is -3.38. The molecule has 0 aromatic heterocycles. The maximum absolute atomic E-state index is 12.9. The van der Waals surface area contributed by atoms with Crippen molar-refractivity contribution in [2.45, 2.75) is 56.2 Å². The summed E-state index contributed by atoms with van der Waals surface area (Å²) < 4.78 is 5.41. The van der Waals surface area contributed by atoms with Crippen LogP contribution in [0.5, 0.6) is 5.75 Å². The number of nitrogens with zero attached hydrogens (tertiary/aromatic N) is 1. The second-order valence-corrected chi connectivity index (χ2v) is 9.84. The van der Waals surface area contributed by atoms with E-state index in [9.17, 15) is 30.0 Å². The number of anilines is 1. The number of nitrogens with one attached hydrogen (secondary N) is 2. The van der Waals surface area contributed by atoms with E-state index in [-0.39, 0.29) is 11.3 Å². The molecule has 2 aromatic carbocycles. The monoisotopic (exact) mass is 516 g/mol. The van der Waals surface area contributed by atoms with E-state index in [0.29, 0.717) is 11.3 Å². The molecule has 1 aliphatic rings. The molecule has 3 rings (SSSR count). The summed E-state index contributed by atoms with van der Waals surface area (Å²) in [7, 11) is 2.95. The highest BCUT2D eigenvalue weighted by Gasteiger charge is 2.69. The van der Waals surface area contributed by atoms with Gasteiger partial charge in [0.25, 0.3) is 0 Å². The lowest BCUT2D eigenvalue weighted by atomic mass is 9.84. The van der Waals surface area contributed by atoms with Crippen LogP contribution in [0.4, 0.5) is 10.5 Å². The Morgan fingerprint density at radius 3 is 2.32 bits per heavy atom. The van der Waals surface area contributed by atoms with Crippen molar-refractivity contribution in [2.75, 3.05) is 26.0 Å². The number of phenols is 1. The zero-order valence-electron chi connectivity index (χ0n) is 21.6. The van der Waals surface area contributed by atoms with Gasteiger partial charge < -0.3 is 46.4 Å². The molecule has 0 aliphatic heterocycles. The molecule has 2 amide bonds. The van der Waals surface area contributed by atoms with Crippen molar-refractivity contribution in [2.24, 2.45) is 5.73 Å². The molecule has 1 aliphatic carbocycles. The van der Waals surface area contributed by atoms with Gasteiger partial charge >= 0.3 is 12.0 Å². The van der Waals surface area contributed by atoms with Gasteiger partial charge in [0.05, 0.1) is 18.2 Å². The lowest BCUT2D eigenvalue weighted by Crippen LogP contribution is -2.71. The fourth-order valence-electron chi connectivity index (χ4n) is 4.87. The van der Waals surface area contributed by atoms with Crippen LogP contribution >= 0.6 is 0 Å². The van der Waals surface area contributed by atoms with E-state index in [0.717, 1.165) is 5.56 Å². The highest BCUT2D eigenvalue weighted by molar-refractivity contribution is 5.94. The third-order valence-corrected chi connectivity index (χ3v) is 7.14. The predicted octanol–water partition coefficient (Wildman–Crippen LogP) is 0.470. The van der Waals surface area contributed by atoms with Gasteiger partial charge in [0.2, 0.25) is 0 Å². The minimum atomic E-state index is -2.27. The van der Waals surface area contributed by atoms with E-state index >= 15 is 0 Å². The fraction of sp³-hybridized carbons (Fsp3) is 0.462. The molecular weight excluding hydrogens is 480 g/mol. The summed E-state index contributed by atoms with van der Waals surface area (Å²) in [5.74, 6) is -1.22. The number of esters is 1. The third kappa shape index (κ3) is 4.95. The molecule has 37 heavy (non-hydrogen) atoms. The predicted molar refractivity (Wildman–Crippen MR) is 137 cm³/mol. The molecule has 0 heterocycles. The minimum Gasteiger partial charge on any atom is -0.507 e. The molecule has 11 heteroatoms. The van der Waals surface area contributed by atoms with Crippen molar-refractivity contribution in [1.82, 2.24) is 10.2 Å². The number of hydrogen-bond donors (Lipinski definition) is 7. The smallest absolute Gasteiger partial charge is 0.342 e. The highest BCUT2D eigenvalue weighted by Crippen LogP contribution is 2.42. The number of carbonyl (C=O) groups is 2. The van der Waals surface area contributed by atoms with E-state index < -0.39 is 54.0 Å². The summed E-state index contributed by atoms with van der Waals surface area (Å²) in [4.78, 5) is 26.8. The molecule has 0 radical (unpaired) electrons. The first-order valence-corrected chi connectivity index (χ1v) is 11.9. The number of benzene rings is 2. The van der Waals surface area contributed by atoms with Crippen molar-refractivity contribution in [3.8, 4) is 5.75 Å². The van der Waals surface area contributed by atoms with Crippen molar-refractivity contribution in [1.29, 1.82) is 0 Å². The van der Waals surface area contributed by atoms with E-state index in [1.54, 1.807) is 31.2 Å². The summed E-state index contributed by atoms with van der Waals surface area (Å²) in [6.07, 6.45) is -3.30. The van der Waals surface area contributed by atoms with Crippen LogP contribution in [0.25, 0.3) is 0 Å². The van der Waals surface area contributed by atoms with E-state index in [1.165, 1.54) is 32.0 Å². The summed E-state index contributed by atoms with van der Waals surface area (Å²) >= 11 is 0. The van der Waals surface area contributed by atoms with E-state index in [2.05, 4.69) is 10.6 Å². The van der Waals surface area contributed by atoms with Gasteiger partial charge in [-0.25, -0.2) is 9.59 Å². The number of ether oxygens (including phenoxy) is 1. The topological polar surface area (TPSA) is 178 Å². The second-order valence-electron chi connectivity index (χ2n) is 9.84. The van der Waals surface area contributed by atoms with Gasteiger partial charge in [-0.05, 0) is 44.0 Å². The van der Waals surface area contributed by atoms with Crippen LogP contribution in [0.3, 0.4) is 0 Å². The number of rotatable bonds is 7. The first-order valence-electron chi connectivity index (χ1n) is 11.9. The molecule has 8 N–H and O–H groups in total. The average Bonchev–Trinajstić information content (AvgIpc) is 2.98. The zero-order valence-corrected chi connectivity index (χ0v) is 21.6. The Bertz CT molecular complexity index is 1140. The number of hydrogen-bond acceptors (Lipinski definition) is 9. The van der Waals surface area contributed by atoms with Crippen LogP contribution < -0.4 is 16.4 Å². The molecular formula is C26H36N4O7. The third-order valence-electron chi connectivity index (χ3n) is 7.14. The Balaban J connectivity index is 2.05. The quantitative estimate of drug-likeness (QED) is 0.258. The van der Waals surface area contributed by atoms with Gasteiger partial charge in [0.15, 0.2) is 0 Å². The Kier molecular flexibility index (Phi) is 8.03. The number of nitrogens with two attached hydrogens (primary N) is 1. The van der Waals surface area contributed by atoms with Gasteiger partial charge in [-0.3, -0.25) is 0 Å². The van der Waals surface area contributed by atoms with E-state index in [1.807, 2.05) is 19.1 Å². The van der Waals surface area contributed by atoms with Crippen molar-refractivity contribution in [3.05, 3.63) is 59.2 Å². The standard InChI is InChI=1S/C26H36N4O7/c1-14-9-6-7-11-17(14)28-21-20(27)26(16(3)31,29-24(35)30(4)5)23(34)25(21,36)13-37-22(33)19-15(2)10-8-12-18(19)32/h6-12,16,20-21,23,28,31-32,34,36H,13,27H2,1-5H3,(H,29,35)/t16-,20-,21-,23-,25+,26-/m0/s1. The first kappa shape index (κ1) is 28.2. The molecule has 0 bridgehead atoms. The number of urea groups is 1. The molecule has 0 saturated heterocycles. The van der Waals surface area contributed by atoms with E-state index in [4.69, 9.17) is 10.5 Å². The van der Waals surface area contributed by atoms with Crippen molar-refractivity contribution in [3.63, 3.8) is 0 Å². The normalized spacial score (nSPS) is 27.9.